The minimum absolute atomic E-state index is 0.00472. The zero-order chi connectivity index (χ0) is 14.9. The summed E-state index contributed by atoms with van der Waals surface area (Å²) in [6.07, 6.45) is -4.60. The summed E-state index contributed by atoms with van der Waals surface area (Å²) in [7, 11) is 0. The van der Waals surface area contributed by atoms with Gasteiger partial charge in [0, 0.05) is 12.0 Å². The summed E-state index contributed by atoms with van der Waals surface area (Å²) in [5.74, 6) is -3.67. The van der Waals surface area contributed by atoms with Gasteiger partial charge in [-0.1, -0.05) is 18.2 Å². The largest absolute Gasteiger partial charge is 0.493 e. The van der Waals surface area contributed by atoms with E-state index < -0.39 is 24.1 Å². The number of hydrogen-bond acceptors (Lipinski definition) is 3. The number of hydrogen-bond donors (Lipinski definition) is 2. The average molecular weight is 289 g/mol. The van der Waals surface area contributed by atoms with E-state index >= 15 is 0 Å². The van der Waals surface area contributed by atoms with Crippen LogP contribution in [0.5, 0.6) is 5.75 Å². The van der Waals surface area contributed by atoms with Gasteiger partial charge >= 0.3 is 18.1 Å². The number of carboxylic acids is 1. The molecule has 2 rings (SSSR count). The Bertz CT molecular complexity index is 556. The van der Waals surface area contributed by atoms with Gasteiger partial charge in [-0.05, 0) is 5.56 Å². The highest BCUT2D eigenvalue weighted by atomic mass is 19.4. The Kier molecular flexibility index (Phi) is 3.56. The van der Waals surface area contributed by atoms with Crippen LogP contribution in [0.25, 0.3) is 0 Å². The van der Waals surface area contributed by atoms with Gasteiger partial charge in [-0.25, -0.2) is 4.79 Å². The van der Waals surface area contributed by atoms with Gasteiger partial charge in [0.2, 0.25) is 0 Å². The standard InChI is InChI=1S/C12H10F3NO4/c13-12(14,15)11(19)16-8(10(17)18)7-3-1-2-6-4-5-20-9(6)7/h1-3,8H,4-5H2,(H,16,19)(H,17,18). The number of nitrogens with one attached hydrogen (secondary N) is 1. The number of ether oxygens (including phenoxy) is 1. The molecule has 0 saturated carbocycles. The molecular formula is C12H10F3NO4. The monoisotopic (exact) mass is 289 g/mol. The molecule has 0 saturated heterocycles. The molecule has 1 unspecified atom stereocenters. The summed E-state index contributed by atoms with van der Waals surface area (Å²) < 4.78 is 41.9. The first kappa shape index (κ1) is 14.2. The number of halogens is 3. The van der Waals surface area contributed by atoms with Gasteiger partial charge in [0.15, 0.2) is 6.04 Å². The first-order chi connectivity index (χ1) is 9.30. The third-order valence-electron chi connectivity index (χ3n) is 2.84. The van der Waals surface area contributed by atoms with Gasteiger partial charge in [0.1, 0.15) is 5.75 Å². The summed E-state index contributed by atoms with van der Waals surface area (Å²) in [6.45, 7) is 0.325. The lowest BCUT2D eigenvalue weighted by Gasteiger charge is -2.18. The molecule has 5 nitrogen and oxygen atoms in total. The summed E-state index contributed by atoms with van der Waals surface area (Å²) >= 11 is 0. The van der Waals surface area contributed by atoms with Crippen LogP contribution in [-0.4, -0.2) is 29.8 Å². The number of rotatable bonds is 3. The second kappa shape index (κ2) is 5.03. The quantitative estimate of drug-likeness (QED) is 0.882. The molecule has 0 aliphatic carbocycles. The molecule has 0 bridgehead atoms. The Morgan fingerprint density at radius 2 is 2.05 bits per heavy atom. The van der Waals surface area contributed by atoms with E-state index in [1.54, 1.807) is 6.07 Å². The van der Waals surface area contributed by atoms with Crippen molar-refractivity contribution in [3.63, 3.8) is 0 Å². The Morgan fingerprint density at radius 3 is 2.65 bits per heavy atom. The van der Waals surface area contributed by atoms with Crippen LogP contribution in [0.15, 0.2) is 18.2 Å². The number of benzene rings is 1. The van der Waals surface area contributed by atoms with Crippen LogP contribution < -0.4 is 10.1 Å². The lowest BCUT2D eigenvalue weighted by Crippen LogP contribution is -2.42. The van der Waals surface area contributed by atoms with E-state index in [9.17, 15) is 22.8 Å². The fourth-order valence-corrected chi connectivity index (χ4v) is 1.95. The maximum Gasteiger partial charge on any atom is 0.471 e. The van der Waals surface area contributed by atoms with Gasteiger partial charge in [0.25, 0.3) is 0 Å². The number of para-hydroxylation sites is 1. The SMILES string of the molecule is O=C(O)C(NC(=O)C(F)(F)F)c1cccc2c1OCC2. The van der Waals surface area contributed by atoms with Crippen LogP contribution >= 0.6 is 0 Å². The van der Waals surface area contributed by atoms with Crippen molar-refractivity contribution in [1.29, 1.82) is 0 Å². The summed E-state index contributed by atoms with van der Waals surface area (Å²) in [6, 6.07) is 2.71. The Morgan fingerprint density at radius 1 is 1.35 bits per heavy atom. The van der Waals surface area contributed by atoms with E-state index in [1.165, 1.54) is 17.4 Å². The number of carbonyl (C=O) groups excluding carboxylic acids is 1. The first-order valence-corrected chi connectivity index (χ1v) is 5.66. The Labute approximate surface area is 111 Å². The second-order valence-electron chi connectivity index (χ2n) is 4.18. The van der Waals surface area contributed by atoms with Crippen LogP contribution in [0.3, 0.4) is 0 Å². The third-order valence-corrected chi connectivity index (χ3v) is 2.84. The molecule has 1 aliphatic heterocycles. The van der Waals surface area contributed by atoms with E-state index in [0.29, 0.717) is 18.6 Å². The van der Waals surface area contributed by atoms with E-state index in [4.69, 9.17) is 9.84 Å². The molecule has 108 valence electrons. The number of aliphatic carboxylic acids is 1. The van der Waals surface area contributed by atoms with Gasteiger partial charge in [0.05, 0.1) is 6.61 Å². The summed E-state index contributed by atoms with van der Waals surface area (Å²) in [5, 5.41) is 10.5. The van der Waals surface area contributed by atoms with Gasteiger partial charge in [-0.2, -0.15) is 13.2 Å². The van der Waals surface area contributed by atoms with Crippen molar-refractivity contribution in [3.05, 3.63) is 29.3 Å². The van der Waals surface area contributed by atoms with Crippen LogP contribution in [0.4, 0.5) is 13.2 Å². The summed E-state index contributed by atoms with van der Waals surface area (Å²) in [5.41, 5.74) is 0.708. The summed E-state index contributed by atoms with van der Waals surface area (Å²) in [4.78, 5) is 22.0. The van der Waals surface area contributed by atoms with Crippen LogP contribution in [0, 0.1) is 0 Å². The molecular weight excluding hydrogens is 279 g/mol. The molecule has 1 amide bonds. The molecule has 20 heavy (non-hydrogen) atoms. The van der Waals surface area contributed by atoms with Gasteiger partial charge in [-0.3, -0.25) is 4.79 Å². The van der Waals surface area contributed by atoms with Crippen molar-refractivity contribution in [1.82, 2.24) is 5.32 Å². The smallest absolute Gasteiger partial charge is 0.471 e. The van der Waals surface area contributed by atoms with Crippen LogP contribution in [0.2, 0.25) is 0 Å². The lowest BCUT2D eigenvalue weighted by molar-refractivity contribution is -0.175. The Hall–Kier alpha value is -2.25. The minimum Gasteiger partial charge on any atom is -0.493 e. The maximum absolute atomic E-state index is 12.2. The maximum atomic E-state index is 12.2. The molecule has 0 fully saturated rings. The zero-order valence-corrected chi connectivity index (χ0v) is 10.0. The third kappa shape index (κ3) is 2.68. The highest BCUT2D eigenvalue weighted by Crippen LogP contribution is 2.34. The zero-order valence-electron chi connectivity index (χ0n) is 10.0. The van der Waals surface area contributed by atoms with Crippen molar-refractivity contribution in [3.8, 4) is 5.75 Å². The fraction of sp³-hybridized carbons (Fsp3) is 0.333. The number of fused-ring (bicyclic) bond motifs is 1. The van der Waals surface area contributed by atoms with E-state index in [1.807, 2.05) is 0 Å². The molecule has 1 aromatic rings. The first-order valence-electron chi connectivity index (χ1n) is 5.66. The van der Waals surface area contributed by atoms with Crippen molar-refractivity contribution in [2.75, 3.05) is 6.61 Å². The number of carbonyl (C=O) groups is 2. The predicted molar refractivity (Wildman–Crippen MR) is 60.2 cm³/mol. The number of alkyl halides is 3. The van der Waals surface area contributed by atoms with E-state index in [0.717, 1.165) is 0 Å². The van der Waals surface area contributed by atoms with E-state index in [2.05, 4.69) is 0 Å². The molecule has 1 aliphatic rings. The minimum atomic E-state index is -5.15. The van der Waals surface area contributed by atoms with Crippen molar-refractivity contribution < 1.29 is 32.6 Å². The van der Waals surface area contributed by atoms with Crippen molar-refractivity contribution in [2.45, 2.75) is 18.6 Å². The fourth-order valence-electron chi connectivity index (χ4n) is 1.95. The molecule has 0 aromatic heterocycles. The highest BCUT2D eigenvalue weighted by Gasteiger charge is 2.42. The normalized spacial score (nSPS) is 15.2. The van der Waals surface area contributed by atoms with E-state index in [-0.39, 0.29) is 11.3 Å². The second-order valence-corrected chi connectivity index (χ2v) is 4.18. The lowest BCUT2D eigenvalue weighted by atomic mass is 10.0. The average Bonchev–Trinajstić information content (AvgIpc) is 2.82. The molecule has 1 aromatic carbocycles. The van der Waals surface area contributed by atoms with Crippen molar-refractivity contribution >= 4 is 11.9 Å². The molecule has 0 spiro atoms. The van der Waals surface area contributed by atoms with Crippen LogP contribution in [0.1, 0.15) is 17.2 Å². The predicted octanol–water partition coefficient (Wildman–Crippen LogP) is 1.43. The molecule has 1 heterocycles. The van der Waals surface area contributed by atoms with Crippen LogP contribution in [-0.2, 0) is 16.0 Å². The van der Waals surface area contributed by atoms with Gasteiger partial charge < -0.3 is 15.2 Å². The topological polar surface area (TPSA) is 75.6 Å². The Balaban J connectivity index is 2.33. The number of amides is 1. The molecule has 8 heteroatoms. The van der Waals surface area contributed by atoms with Gasteiger partial charge in [-0.15, -0.1) is 0 Å². The molecule has 1 atom stereocenters. The molecule has 2 N–H and O–H groups in total. The molecule has 0 radical (unpaired) electrons. The highest BCUT2D eigenvalue weighted by molar-refractivity contribution is 5.88. The number of carboxylic acid groups (broad SMARTS) is 1. The van der Waals surface area contributed by atoms with Crippen molar-refractivity contribution in [2.24, 2.45) is 0 Å².